The second kappa shape index (κ2) is 6.81. The van der Waals surface area contributed by atoms with Crippen molar-refractivity contribution in [2.24, 2.45) is 0 Å². The van der Waals surface area contributed by atoms with Crippen LogP contribution in [0, 0.1) is 20.8 Å². The predicted molar refractivity (Wildman–Crippen MR) is 85.2 cm³/mol. The molecule has 1 aromatic rings. The second-order valence-corrected chi connectivity index (χ2v) is 6.62. The van der Waals surface area contributed by atoms with Crippen LogP contribution in [0.15, 0.2) is 12.1 Å². The van der Waals surface area contributed by atoms with Gasteiger partial charge in [0.05, 0.1) is 0 Å². The van der Waals surface area contributed by atoms with Crippen LogP contribution in [0.3, 0.4) is 0 Å². The molecule has 2 N–H and O–H groups in total. The highest BCUT2D eigenvalue weighted by Crippen LogP contribution is 2.18. The van der Waals surface area contributed by atoms with Crippen molar-refractivity contribution >= 4 is 12.1 Å². The lowest BCUT2D eigenvalue weighted by atomic mass is 9.94. The van der Waals surface area contributed by atoms with E-state index in [-0.39, 0.29) is 6.42 Å². The number of hydrogen-bond donors (Lipinski definition) is 2. The summed E-state index contributed by atoms with van der Waals surface area (Å²) >= 11 is 0. The number of amides is 1. The maximum atomic E-state index is 11.8. The van der Waals surface area contributed by atoms with Crippen LogP contribution in [0.4, 0.5) is 4.79 Å². The zero-order valence-electron chi connectivity index (χ0n) is 14.1. The first-order valence-corrected chi connectivity index (χ1v) is 7.28. The Bertz CT molecular complexity index is 550. The Kier molecular flexibility index (Phi) is 5.58. The fourth-order valence-electron chi connectivity index (χ4n) is 2.39. The molecule has 5 heteroatoms. The molecular formula is C17H25NO4. The van der Waals surface area contributed by atoms with Crippen LogP contribution in [0.2, 0.25) is 0 Å². The highest BCUT2D eigenvalue weighted by atomic mass is 16.6. The molecule has 0 radical (unpaired) electrons. The largest absolute Gasteiger partial charge is 0.480 e. The summed E-state index contributed by atoms with van der Waals surface area (Å²) in [5.74, 6) is -1.08. The molecule has 0 aliphatic carbocycles. The lowest BCUT2D eigenvalue weighted by Gasteiger charge is -2.23. The maximum Gasteiger partial charge on any atom is 0.408 e. The Morgan fingerprint density at radius 1 is 1.18 bits per heavy atom. The number of benzene rings is 1. The average Bonchev–Trinajstić information content (AvgIpc) is 2.29. The Labute approximate surface area is 131 Å². The van der Waals surface area contributed by atoms with Gasteiger partial charge >= 0.3 is 12.1 Å². The molecule has 1 unspecified atom stereocenters. The molecule has 0 spiro atoms. The number of carboxylic acids is 1. The molecule has 0 saturated carbocycles. The van der Waals surface area contributed by atoms with Gasteiger partial charge in [-0.05, 0) is 58.2 Å². The van der Waals surface area contributed by atoms with Gasteiger partial charge in [-0.3, -0.25) is 0 Å². The summed E-state index contributed by atoms with van der Waals surface area (Å²) in [5.41, 5.74) is 3.45. The van der Waals surface area contributed by atoms with Gasteiger partial charge < -0.3 is 15.2 Å². The summed E-state index contributed by atoms with van der Waals surface area (Å²) in [7, 11) is 0. The molecule has 1 atom stereocenters. The number of rotatable bonds is 4. The number of carbonyl (C=O) groups is 2. The molecule has 122 valence electrons. The molecule has 0 fully saturated rings. The van der Waals surface area contributed by atoms with Gasteiger partial charge in [0.15, 0.2) is 0 Å². The number of aliphatic carboxylic acids is 1. The molecule has 0 aromatic heterocycles. The van der Waals surface area contributed by atoms with E-state index in [0.29, 0.717) is 0 Å². The molecule has 22 heavy (non-hydrogen) atoms. The van der Waals surface area contributed by atoms with E-state index in [1.165, 1.54) is 0 Å². The van der Waals surface area contributed by atoms with Crippen LogP contribution < -0.4 is 5.32 Å². The Hall–Kier alpha value is -2.04. The molecule has 1 amide bonds. The van der Waals surface area contributed by atoms with Gasteiger partial charge in [0, 0.05) is 6.42 Å². The van der Waals surface area contributed by atoms with Gasteiger partial charge in [-0.25, -0.2) is 9.59 Å². The minimum Gasteiger partial charge on any atom is -0.480 e. The van der Waals surface area contributed by atoms with Gasteiger partial charge in [0.25, 0.3) is 0 Å². The summed E-state index contributed by atoms with van der Waals surface area (Å²) in [5, 5.41) is 11.8. The van der Waals surface area contributed by atoms with Crippen molar-refractivity contribution in [2.75, 3.05) is 0 Å². The van der Waals surface area contributed by atoms with E-state index < -0.39 is 23.7 Å². The third-order valence-corrected chi connectivity index (χ3v) is 3.24. The molecule has 0 saturated heterocycles. The topological polar surface area (TPSA) is 75.6 Å². The van der Waals surface area contributed by atoms with E-state index in [1.54, 1.807) is 20.8 Å². The van der Waals surface area contributed by atoms with Gasteiger partial charge in [0.1, 0.15) is 11.6 Å². The molecule has 0 aliphatic rings. The Balaban J connectivity index is 2.90. The second-order valence-electron chi connectivity index (χ2n) is 6.62. The monoisotopic (exact) mass is 307 g/mol. The Morgan fingerprint density at radius 2 is 1.68 bits per heavy atom. The first kappa shape index (κ1) is 18.0. The molecule has 0 bridgehead atoms. The fraction of sp³-hybridized carbons (Fsp3) is 0.529. The van der Waals surface area contributed by atoms with Crippen molar-refractivity contribution in [3.05, 3.63) is 34.4 Å². The van der Waals surface area contributed by atoms with E-state index >= 15 is 0 Å². The van der Waals surface area contributed by atoms with Crippen molar-refractivity contribution in [3.63, 3.8) is 0 Å². The zero-order chi connectivity index (χ0) is 17.1. The fourth-order valence-corrected chi connectivity index (χ4v) is 2.39. The van der Waals surface area contributed by atoms with Gasteiger partial charge in [-0.2, -0.15) is 0 Å². The Morgan fingerprint density at radius 3 is 2.09 bits per heavy atom. The molecule has 0 aliphatic heterocycles. The number of alkyl carbamates (subject to hydrolysis) is 1. The lowest BCUT2D eigenvalue weighted by Crippen LogP contribution is -2.44. The summed E-state index contributed by atoms with van der Waals surface area (Å²) in [6.07, 6.45) is -0.491. The SMILES string of the molecule is Cc1cc(C)c(CC(NC(=O)OC(C)(C)C)C(=O)O)c(C)c1. The first-order chi connectivity index (χ1) is 9.99. The van der Waals surface area contributed by atoms with Crippen molar-refractivity contribution in [1.82, 2.24) is 5.32 Å². The standard InChI is InChI=1S/C17H25NO4/c1-10-7-11(2)13(12(3)8-10)9-14(15(19)20)18-16(21)22-17(4,5)6/h7-8,14H,9H2,1-6H3,(H,18,21)(H,19,20). The van der Waals surface area contributed by atoms with Crippen LogP contribution in [-0.2, 0) is 16.0 Å². The third kappa shape index (κ3) is 5.39. The highest BCUT2D eigenvalue weighted by Gasteiger charge is 2.25. The predicted octanol–water partition coefficient (Wildman–Crippen LogP) is 3.13. The van der Waals surface area contributed by atoms with Crippen LogP contribution in [0.5, 0.6) is 0 Å². The molecule has 1 rings (SSSR count). The summed E-state index contributed by atoms with van der Waals surface area (Å²) in [6.45, 7) is 11.1. The van der Waals surface area contributed by atoms with Crippen LogP contribution in [0.25, 0.3) is 0 Å². The van der Waals surface area contributed by atoms with E-state index in [1.807, 2.05) is 32.9 Å². The minimum atomic E-state index is -1.08. The molecule has 0 heterocycles. The quantitative estimate of drug-likeness (QED) is 0.896. The van der Waals surface area contributed by atoms with E-state index in [9.17, 15) is 14.7 Å². The van der Waals surface area contributed by atoms with Crippen LogP contribution in [-0.4, -0.2) is 28.8 Å². The van der Waals surface area contributed by atoms with Crippen molar-refractivity contribution in [3.8, 4) is 0 Å². The van der Waals surface area contributed by atoms with Gasteiger partial charge in [-0.15, -0.1) is 0 Å². The summed E-state index contributed by atoms with van der Waals surface area (Å²) < 4.78 is 5.12. The van der Waals surface area contributed by atoms with Gasteiger partial charge in [-0.1, -0.05) is 17.7 Å². The number of hydrogen-bond acceptors (Lipinski definition) is 3. The minimum absolute atomic E-state index is 0.229. The van der Waals surface area contributed by atoms with Crippen molar-refractivity contribution in [1.29, 1.82) is 0 Å². The molecule has 1 aromatic carbocycles. The van der Waals surface area contributed by atoms with Crippen molar-refractivity contribution in [2.45, 2.75) is 59.6 Å². The smallest absolute Gasteiger partial charge is 0.408 e. The molecule has 5 nitrogen and oxygen atoms in total. The van der Waals surface area contributed by atoms with E-state index in [0.717, 1.165) is 22.3 Å². The highest BCUT2D eigenvalue weighted by molar-refractivity contribution is 5.80. The third-order valence-electron chi connectivity index (χ3n) is 3.24. The van der Waals surface area contributed by atoms with E-state index in [2.05, 4.69) is 5.32 Å². The van der Waals surface area contributed by atoms with E-state index in [4.69, 9.17) is 4.74 Å². The zero-order valence-corrected chi connectivity index (χ0v) is 14.1. The number of aryl methyl sites for hydroxylation is 3. The number of carbonyl (C=O) groups excluding carboxylic acids is 1. The molecular weight excluding hydrogens is 282 g/mol. The van der Waals surface area contributed by atoms with Gasteiger partial charge in [0.2, 0.25) is 0 Å². The number of nitrogens with one attached hydrogen (secondary N) is 1. The van der Waals surface area contributed by atoms with Crippen LogP contribution >= 0.6 is 0 Å². The number of ether oxygens (including phenoxy) is 1. The summed E-state index contributed by atoms with van der Waals surface area (Å²) in [4.78, 5) is 23.2. The van der Waals surface area contributed by atoms with Crippen LogP contribution in [0.1, 0.15) is 43.0 Å². The average molecular weight is 307 g/mol. The summed E-state index contributed by atoms with van der Waals surface area (Å²) in [6, 6.07) is 3.00. The first-order valence-electron chi connectivity index (χ1n) is 7.28. The maximum absolute atomic E-state index is 11.8. The van der Waals surface area contributed by atoms with Crippen molar-refractivity contribution < 1.29 is 19.4 Å². The normalized spacial score (nSPS) is 12.6. The number of carboxylic acid groups (broad SMARTS) is 1. The lowest BCUT2D eigenvalue weighted by molar-refractivity contribution is -0.139.